The van der Waals surface area contributed by atoms with E-state index in [1.807, 2.05) is 0 Å². The Labute approximate surface area is 228 Å². The molecule has 0 aromatic heterocycles. The molecule has 0 amide bonds. The van der Waals surface area contributed by atoms with E-state index in [4.69, 9.17) is 21.1 Å². The van der Waals surface area contributed by atoms with Crippen molar-refractivity contribution in [3.05, 3.63) is 137 Å². The van der Waals surface area contributed by atoms with E-state index in [1.165, 1.54) is 27.8 Å². The molecule has 8 rings (SSSR count). The molecule has 2 spiro atoms. The van der Waals surface area contributed by atoms with Crippen LogP contribution in [0.3, 0.4) is 0 Å². The van der Waals surface area contributed by atoms with Crippen molar-refractivity contribution in [2.45, 2.75) is 25.0 Å². The lowest BCUT2D eigenvalue weighted by Gasteiger charge is -2.62. The van der Waals surface area contributed by atoms with E-state index in [0.29, 0.717) is 13.2 Å². The minimum atomic E-state index is -1.06. The van der Waals surface area contributed by atoms with E-state index in [2.05, 4.69) is 117 Å². The minimum Gasteiger partial charge on any atom is -0.344 e. The van der Waals surface area contributed by atoms with Gasteiger partial charge in [0.2, 0.25) is 5.79 Å². The van der Waals surface area contributed by atoms with Crippen molar-refractivity contribution in [2.24, 2.45) is 5.41 Å². The van der Waals surface area contributed by atoms with Crippen LogP contribution in [0.25, 0.3) is 27.3 Å². The molecule has 3 heteroatoms. The molecular weight excluding hydrogens is 488 g/mol. The monoisotopic (exact) mass is 514 g/mol. The van der Waals surface area contributed by atoms with Crippen LogP contribution in [0.4, 0.5) is 0 Å². The molecule has 1 saturated heterocycles. The number of allylic oxidation sites excluding steroid dienone is 1. The Balaban J connectivity index is 1.56. The van der Waals surface area contributed by atoms with Crippen molar-refractivity contribution in [1.82, 2.24) is 0 Å². The lowest BCUT2D eigenvalue weighted by atomic mass is 9.47. The van der Waals surface area contributed by atoms with Gasteiger partial charge in [-0.2, -0.15) is 0 Å². The van der Waals surface area contributed by atoms with Crippen molar-refractivity contribution < 1.29 is 9.47 Å². The third-order valence-corrected chi connectivity index (χ3v) is 9.09. The highest BCUT2D eigenvalue weighted by atomic mass is 35.5. The Bertz CT molecular complexity index is 1700. The maximum absolute atomic E-state index is 7.40. The number of halogens is 1. The molecule has 186 valence electrons. The molecule has 2 nitrogen and oxygen atoms in total. The Morgan fingerprint density at radius 2 is 1.11 bits per heavy atom. The van der Waals surface area contributed by atoms with Gasteiger partial charge in [0, 0.05) is 22.1 Å². The van der Waals surface area contributed by atoms with Gasteiger partial charge >= 0.3 is 0 Å². The maximum Gasteiger partial charge on any atom is 0.214 e. The second-order valence-electron chi connectivity index (χ2n) is 11.5. The second-order valence-corrected chi connectivity index (χ2v) is 11.9. The summed E-state index contributed by atoms with van der Waals surface area (Å²) in [5.41, 5.74) is 10.7. The first kappa shape index (κ1) is 22.5. The van der Waals surface area contributed by atoms with E-state index in [0.717, 1.165) is 32.9 Å². The molecule has 0 N–H and O–H groups in total. The second kappa shape index (κ2) is 7.57. The normalized spacial score (nSPS) is 23.6. The highest BCUT2D eigenvalue weighted by molar-refractivity contribution is 6.54. The predicted molar refractivity (Wildman–Crippen MR) is 153 cm³/mol. The zero-order chi connectivity index (χ0) is 25.7. The van der Waals surface area contributed by atoms with Crippen LogP contribution in [0.5, 0.6) is 0 Å². The third-order valence-electron chi connectivity index (χ3n) is 8.69. The molecule has 0 saturated carbocycles. The first-order chi connectivity index (χ1) is 18.5. The van der Waals surface area contributed by atoms with Gasteiger partial charge in [-0.15, -0.1) is 0 Å². The summed E-state index contributed by atoms with van der Waals surface area (Å²) < 4.78 is 14.2. The van der Waals surface area contributed by atoms with Crippen LogP contribution in [-0.2, 0) is 20.7 Å². The SMILES string of the molecule is CC1(C)COC2(OC1)c1ccccc1-c1ccccc1C21C2=C(Cl)c3ccccc3C2=C1c1ccccc1. The summed E-state index contributed by atoms with van der Waals surface area (Å²) in [6.45, 7) is 5.57. The quantitative estimate of drug-likeness (QED) is 0.254. The maximum atomic E-state index is 7.40. The molecule has 38 heavy (non-hydrogen) atoms. The van der Waals surface area contributed by atoms with Gasteiger partial charge in [-0.05, 0) is 39.0 Å². The van der Waals surface area contributed by atoms with E-state index in [1.54, 1.807) is 0 Å². The van der Waals surface area contributed by atoms with Crippen molar-refractivity contribution in [3.8, 4) is 11.1 Å². The molecule has 4 aliphatic rings. The average Bonchev–Trinajstić information content (AvgIpc) is 3.19. The predicted octanol–water partition coefficient (Wildman–Crippen LogP) is 8.42. The number of hydrogen-bond donors (Lipinski definition) is 0. The van der Waals surface area contributed by atoms with Crippen LogP contribution in [0.15, 0.2) is 109 Å². The van der Waals surface area contributed by atoms with E-state index in [9.17, 15) is 0 Å². The summed E-state index contributed by atoms with van der Waals surface area (Å²) in [7, 11) is 0. The number of fused-ring (bicyclic) bond motifs is 10. The molecule has 1 atom stereocenters. The van der Waals surface area contributed by atoms with Gasteiger partial charge in [0.25, 0.3) is 0 Å². The number of benzene rings is 4. The minimum absolute atomic E-state index is 0.0988. The largest absolute Gasteiger partial charge is 0.344 e. The zero-order valence-corrected chi connectivity index (χ0v) is 22.2. The third kappa shape index (κ3) is 2.56. The van der Waals surface area contributed by atoms with Gasteiger partial charge in [-0.3, -0.25) is 0 Å². The number of hydrogen-bond acceptors (Lipinski definition) is 2. The Kier molecular flexibility index (Phi) is 4.49. The Morgan fingerprint density at radius 1 is 0.579 bits per heavy atom. The van der Waals surface area contributed by atoms with Crippen LogP contribution in [0.1, 0.15) is 41.7 Å². The highest BCUT2D eigenvalue weighted by Gasteiger charge is 2.72. The fourth-order valence-corrected chi connectivity index (χ4v) is 7.58. The Morgan fingerprint density at radius 3 is 1.79 bits per heavy atom. The van der Waals surface area contributed by atoms with Gasteiger partial charge in [0.15, 0.2) is 0 Å². The van der Waals surface area contributed by atoms with Crippen molar-refractivity contribution in [1.29, 1.82) is 0 Å². The van der Waals surface area contributed by atoms with Crippen LogP contribution in [0.2, 0.25) is 0 Å². The lowest BCUT2D eigenvalue weighted by molar-refractivity contribution is -0.327. The summed E-state index contributed by atoms with van der Waals surface area (Å²) in [5.74, 6) is -1.06. The molecule has 1 aliphatic heterocycles. The van der Waals surface area contributed by atoms with Crippen molar-refractivity contribution >= 4 is 27.8 Å². The zero-order valence-electron chi connectivity index (χ0n) is 21.4. The first-order valence-electron chi connectivity index (χ1n) is 13.3. The number of ether oxygens (including phenoxy) is 2. The molecule has 4 aromatic carbocycles. The van der Waals surface area contributed by atoms with Gasteiger partial charge in [0.05, 0.1) is 18.2 Å². The van der Waals surface area contributed by atoms with E-state index >= 15 is 0 Å². The smallest absolute Gasteiger partial charge is 0.214 e. The summed E-state index contributed by atoms with van der Waals surface area (Å²) in [4.78, 5) is 0. The van der Waals surface area contributed by atoms with Gasteiger partial charge in [-0.1, -0.05) is 129 Å². The van der Waals surface area contributed by atoms with Crippen LogP contribution >= 0.6 is 11.6 Å². The molecule has 4 aromatic rings. The van der Waals surface area contributed by atoms with Crippen LogP contribution < -0.4 is 0 Å². The molecule has 1 unspecified atom stereocenters. The first-order valence-corrected chi connectivity index (χ1v) is 13.7. The lowest BCUT2D eigenvalue weighted by Crippen LogP contribution is -2.63. The van der Waals surface area contributed by atoms with E-state index in [-0.39, 0.29) is 5.41 Å². The fraction of sp³-hybridized carbons (Fsp3) is 0.200. The summed E-state index contributed by atoms with van der Waals surface area (Å²) in [6.07, 6.45) is 0. The molecule has 0 bridgehead atoms. The summed E-state index contributed by atoms with van der Waals surface area (Å²) in [6, 6.07) is 36.5. The molecule has 1 heterocycles. The number of rotatable bonds is 1. The van der Waals surface area contributed by atoms with Crippen LogP contribution in [0, 0.1) is 5.41 Å². The molecular formula is C35H27ClO2. The standard InChI is InChI=1S/C35H27ClO2/c1-33(2)20-37-35(38-21-33)28-19-11-9-15-24(28)23-14-8-10-18-27(23)34(35)30(22-12-4-3-5-13-22)29-25-16-6-7-17-26(25)32(36)31(29)34/h3-19H,20-21H2,1-2H3. The van der Waals surface area contributed by atoms with E-state index < -0.39 is 11.2 Å². The average molecular weight is 515 g/mol. The summed E-state index contributed by atoms with van der Waals surface area (Å²) in [5, 5.41) is 0.792. The molecule has 3 aliphatic carbocycles. The summed E-state index contributed by atoms with van der Waals surface area (Å²) >= 11 is 7.40. The fourth-order valence-electron chi connectivity index (χ4n) is 7.18. The van der Waals surface area contributed by atoms with Crippen molar-refractivity contribution in [2.75, 3.05) is 13.2 Å². The topological polar surface area (TPSA) is 18.5 Å². The van der Waals surface area contributed by atoms with Crippen molar-refractivity contribution in [3.63, 3.8) is 0 Å². The Hall–Kier alpha value is -3.43. The highest BCUT2D eigenvalue weighted by Crippen LogP contribution is 2.76. The van der Waals surface area contributed by atoms with Gasteiger partial charge in [0.1, 0.15) is 5.41 Å². The van der Waals surface area contributed by atoms with Gasteiger partial charge < -0.3 is 9.47 Å². The molecule has 0 radical (unpaired) electrons. The molecule has 1 fully saturated rings. The van der Waals surface area contributed by atoms with Crippen LogP contribution in [-0.4, -0.2) is 13.2 Å². The van der Waals surface area contributed by atoms with Gasteiger partial charge in [-0.25, -0.2) is 0 Å².